The molecule has 1 aromatic heterocycles. The lowest BCUT2D eigenvalue weighted by Crippen LogP contribution is -2.46. The van der Waals surface area contributed by atoms with Gasteiger partial charge in [0.05, 0.1) is 16.0 Å². The summed E-state index contributed by atoms with van der Waals surface area (Å²) < 4.78 is 6.78. The van der Waals surface area contributed by atoms with Crippen LogP contribution in [0.25, 0.3) is 0 Å². The van der Waals surface area contributed by atoms with Crippen molar-refractivity contribution in [3.05, 3.63) is 21.3 Å². The van der Waals surface area contributed by atoms with Crippen LogP contribution in [0.4, 0.5) is 0 Å². The third-order valence-corrected chi connectivity index (χ3v) is 3.41. The number of hydrogen-bond acceptors (Lipinski definition) is 3. The average molecular weight is 232 g/mol. The van der Waals surface area contributed by atoms with Gasteiger partial charge in [-0.25, -0.2) is 0 Å². The summed E-state index contributed by atoms with van der Waals surface area (Å²) in [7, 11) is 0. The van der Waals surface area contributed by atoms with Gasteiger partial charge in [0.25, 0.3) is 0 Å². The van der Waals surface area contributed by atoms with Crippen LogP contribution < -0.4 is 5.32 Å². The minimum atomic E-state index is -0.0860. The quantitative estimate of drug-likeness (QED) is 0.803. The standard InChI is InChI=1S/C10H14ClNOS/c1-10(2)6-12-4-8(13-10)7-3-9(11)14-5-7/h3,5,8,12H,4,6H2,1-2H3. The molecular formula is C10H14ClNOS. The van der Waals surface area contributed by atoms with E-state index < -0.39 is 0 Å². The fraction of sp³-hybridized carbons (Fsp3) is 0.600. The molecule has 0 aromatic carbocycles. The second kappa shape index (κ2) is 3.81. The summed E-state index contributed by atoms with van der Waals surface area (Å²) in [6.07, 6.45) is 0.141. The Morgan fingerprint density at radius 3 is 3.00 bits per heavy atom. The first-order chi connectivity index (χ1) is 6.57. The van der Waals surface area contributed by atoms with E-state index in [9.17, 15) is 0 Å². The number of rotatable bonds is 1. The van der Waals surface area contributed by atoms with E-state index >= 15 is 0 Å². The third-order valence-electron chi connectivity index (χ3n) is 2.30. The van der Waals surface area contributed by atoms with E-state index in [-0.39, 0.29) is 11.7 Å². The Kier molecular flexibility index (Phi) is 2.84. The van der Waals surface area contributed by atoms with E-state index in [1.54, 1.807) is 11.3 Å². The maximum atomic E-state index is 5.96. The van der Waals surface area contributed by atoms with Gasteiger partial charge in [-0.05, 0) is 30.9 Å². The molecule has 1 saturated heterocycles. The molecule has 78 valence electrons. The van der Waals surface area contributed by atoms with Crippen LogP contribution in [0.1, 0.15) is 25.5 Å². The molecule has 4 heteroatoms. The zero-order chi connectivity index (χ0) is 10.2. The van der Waals surface area contributed by atoms with Gasteiger partial charge in [-0.1, -0.05) is 11.6 Å². The minimum Gasteiger partial charge on any atom is -0.365 e. The van der Waals surface area contributed by atoms with Crippen LogP contribution in [0.2, 0.25) is 4.34 Å². The maximum Gasteiger partial charge on any atom is 0.0965 e. The van der Waals surface area contributed by atoms with Gasteiger partial charge in [0.2, 0.25) is 0 Å². The predicted molar refractivity (Wildman–Crippen MR) is 60.1 cm³/mol. The summed E-state index contributed by atoms with van der Waals surface area (Å²) in [5, 5.41) is 5.43. The molecule has 1 aliphatic heterocycles. The molecule has 0 radical (unpaired) electrons. The lowest BCUT2D eigenvalue weighted by molar-refractivity contribution is -0.0957. The van der Waals surface area contributed by atoms with Crippen LogP contribution in [-0.2, 0) is 4.74 Å². The van der Waals surface area contributed by atoms with Gasteiger partial charge >= 0.3 is 0 Å². The van der Waals surface area contributed by atoms with Crippen molar-refractivity contribution in [3.63, 3.8) is 0 Å². The Bertz CT molecular complexity index is 324. The van der Waals surface area contributed by atoms with E-state index in [2.05, 4.69) is 24.5 Å². The minimum absolute atomic E-state index is 0.0860. The fourth-order valence-corrected chi connectivity index (χ4v) is 2.58. The zero-order valence-electron chi connectivity index (χ0n) is 8.34. The lowest BCUT2D eigenvalue weighted by atomic mass is 10.0. The molecular weight excluding hydrogens is 218 g/mol. The number of halogens is 1. The first kappa shape index (κ1) is 10.4. The molecule has 1 atom stereocenters. The summed E-state index contributed by atoms with van der Waals surface area (Å²) >= 11 is 7.45. The molecule has 2 rings (SSSR count). The summed E-state index contributed by atoms with van der Waals surface area (Å²) in [5.74, 6) is 0. The normalized spacial score (nSPS) is 26.4. The van der Waals surface area contributed by atoms with Crippen LogP contribution in [0.15, 0.2) is 11.4 Å². The second-order valence-electron chi connectivity index (χ2n) is 4.18. The van der Waals surface area contributed by atoms with E-state index in [0.717, 1.165) is 17.4 Å². The van der Waals surface area contributed by atoms with Crippen molar-refractivity contribution in [1.29, 1.82) is 0 Å². The molecule has 1 aromatic rings. The second-order valence-corrected chi connectivity index (χ2v) is 5.72. The van der Waals surface area contributed by atoms with Crippen LogP contribution in [-0.4, -0.2) is 18.7 Å². The Hall–Kier alpha value is -0.0900. The topological polar surface area (TPSA) is 21.3 Å². The largest absolute Gasteiger partial charge is 0.365 e. The highest BCUT2D eigenvalue weighted by Crippen LogP contribution is 2.31. The molecule has 0 amide bonds. The van der Waals surface area contributed by atoms with Crippen LogP contribution in [0, 0.1) is 0 Å². The van der Waals surface area contributed by atoms with Gasteiger partial charge in [-0.3, -0.25) is 0 Å². The Labute approximate surface area is 93.2 Å². The molecule has 0 saturated carbocycles. The van der Waals surface area contributed by atoms with Crippen molar-refractivity contribution in [3.8, 4) is 0 Å². The Balaban J connectivity index is 2.12. The monoisotopic (exact) mass is 231 g/mol. The van der Waals surface area contributed by atoms with Gasteiger partial charge in [0.1, 0.15) is 0 Å². The van der Waals surface area contributed by atoms with Gasteiger partial charge in [0, 0.05) is 13.1 Å². The Morgan fingerprint density at radius 2 is 2.43 bits per heavy atom. The zero-order valence-corrected chi connectivity index (χ0v) is 9.91. The van der Waals surface area contributed by atoms with E-state index in [4.69, 9.17) is 16.3 Å². The van der Waals surface area contributed by atoms with Crippen LogP contribution in [0.5, 0.6) is 0 Å². The molecule has 1 unspecified atom stereocenters. The number of hydrogen-bond donors (Lipinski definition) is 1. The molecule has 2 nitrogen and oxygen atoms in total. The summed E-state index contributed by atoms with van der Waals surface area (Å²) in [5.41, 5.74) is 1.09. The molecule has 0 aliphatic carbocycles. The van der Waals surface area contributed by atoms with Crippen molar-refractivity contribution >= 4 is 22.9 Å². The predicted octanol–water partition coefficient (Wildman–Crippen LogP) is 2.84. The van der Waals surface area contributed by atoms with E-state index in [0.29, 0.717) is 0 Å². The Morgan fingerprint density at radius 1 is 1.64 bits per heavy atom. The highest BCUT2D eigenvalue weighted by atomic mass is 35.5. The SMILES string of the molecule is CC1(C)CNCC(c2csc(Cl)c2)O1. The molecule has 0 bridgehead atoms. The van der Waals surface area contributed by atoms with Gasteiger partial charge in [-0.15, -0.1) is 11.3 Å². The fourth-order valence-electron chi connectivity index (χ4n) is 1.65. The van der Waals surface area contributed by atoms with Crippen LogP contribution >= 0.6 is 22.9 Å². The molecule has 0 spiro atoms. The van der Waals surface area contributed by atoms with Crippen molar-refractivity contribution in [1.82, 2.24) is 5.32 Å². The first-order valence-corrected chi connectivity index (χ1v) is 5.95. The summed E-state index contributed by atoms with van der Waals surface area (Å²) in [6.45, 7) is 5.97. The highest BCUT2D eigenvalue weighted by Gasteiger charge is 2.29. The van der Waals surface area contributed by atoms with Gasteiger partial charge in [-0.2, -0.15) is 0 Å². The highest BCUT2D eigenvalue weighted by molar-refractivity contribution is 7.14. The molecule has 2 heterocycles. The van der Waals surface area contributed by atoms with Crippen molar-refractivity contribution in [2.45, 2.75) is 25.6 Å². The first-order valence-electron chi connectivity index (χ1n) is 4.69. The maximum absolute atomic E-state index is 5.96. The van der Waals surface area contributed by atoms with Crippen LogP contribution in [0.3, 0.4) is 0 Å². The summed E-state index contributed by atoms with van der Waals surface area (Å²) in [6, 6.07) is 1.99. The van der Waals surface area contributed by atoms with Gasteiger partial charge < -0.3 is 10.1 Å². The van der Waals surface area contributed by atoms with E-state index in [1.165, 1.54) is 5.56 Å². The smallest absolute Gasteiger partial charge is 0.0965 e. The molecule has 1 N–H and O–H groups in total. The van der Waals surface area contributed by atoms with Crippen molar-refractivity contribution in [2.24, 2.45) is 0 Å². The van der Waals surface area contributed by atoms with Crippen molar-refractivity contribution in [2.75, 3.05) is 13.1 Å². The number of thiophene rings is 1. The van der Waals surface area contributed by atoms with E-state index in [1.807, 2.05) is 6.07 Å². The molecule has 1 fully saturated rings. The van der Waals surface area contributed by atoms with Gasteiger partial charge in [0.15, 0.2) is 0 Å². The third kappa shape index (κ3) is 2.28. The lowest BCUT2D eigenvalue weighted by Gasteiger charge is -2.36. The molecule has 1 aliphatic rings. The summed E-state index contributed by atoms with van der Waals surface area (Å²) in [4.78, 5) is 0. The van der Waals surface area contributed by atoms with Crippen molar-refractivity contribution < 1.29 is 4.74 Å². The number of nitrogens with one attached hydrogen (secondary N) is 1. The number of morpholine rings is 1. The average Bonchev–Trinajstić information content (AvgIpc) is 2.50. The number of ether oxygens (including phenoxy) is 1. The molecule has 14 heavy (non-hydrogen) atoms.